The molecular weight excluding hydrogens is 422 g/mol. The fraction of sp³-hybridized carbons (Fsp3) is 0.500. The van der Waals surface area contributed by atoms with Crippen LogP contribution in [-0.2, 0) is 6.42 Å². The largest absolute Gasteiger partial charge is 0.369 e. The first-order valence-electron chi connectivity index (χ1n) is 7.94. The van der Waals surface area contributed by atoms with Crippen molar-refractivity contribution >= 4 is 49.5 Å². The lowest BCUT2D eigenvalue weighted by Gasteiger charge is -2.46. The molecule has 3 rings (SSSR count). The van der Waals surface area contributed by atoms with Crippen LogP contribution in [0.5, 0.6) is 0 Å². The van der Waals surface area contributed by atoms with Gasteiger partial charge in [-0.1, -0.05) is 13.3 Å². The van der Waals surface area contributed by atoms with Crippen molar-refractivity contribution in [2.24, 2.45) is 21.5 Å². The zero-order chi connectivity index (χ0) is 16.6. The normalized spacial score (nSPS) is 20.4. The molecule has 1 fully saturated rings. The topological polar surface area (TPSA) is 80.0 Å². The zero-order valence-electron chi connectivity index (χ0n) is 13.1. The molecule has 1 saturated carbocycles. The highest BCUT2D eigenvalue weighted by Gasteiger charge is 2.43. The van der Waals surface area contributed by atoms with Crippen LogP contribution in [0.3, 0.4) is 0 Å². The molecule has 0 atom stereocenters. The SMILES string of the molecule is CCc1cc(Br)c(N2C(N)=NC(N)=NC23CCCCC3)c(Br)c1. The summed E-state index contributed by atoms with van der Waals surface area (Å²) in [5.41, 5.74) is 14.0. The lowest BCUT2D eigenvalue weighted by atomic mass is 9.87. The van der Waals surface area contributed by atoms with Gasteiger partial charge in [0.05, 0.1) is 5.69 Å². The average Bonchev–Trinajstić information content (AvgIpc) is 2.49. The Hall–Kier alpha value is -1.08. The molecular formula is C16H21Br2N5. The molecule has 23 heavy (non-hydrogen) atoms. The summed E-state index contributed by atoms with van der Waals surface area (Å²) in [6.45, 7) is 2.14. The third-order valence-corrected chi connectivity index (χ3v) is 5.77. The molecule has 0 bridgehead atoms. The van der Waals surface area contributed by atoms with Crippen LogP contribution >= 0.6 is 31.9 Å². The van der Waals surface area contributed by atoms with Crippen molar-refractivity contribution in [2.75, 3.05) is 4.90 Å². The molecule has 1 aromatic rings. The monoisotopic (exact) mass is 441 g/mol. The molecule has 7 heteroatoms. The minimum absolute atomic E-state index is 0.276. The van der Waals surface area contributed by atoms with Gasteiger partial charge in [-0.05, 0) is 81.7 Å². The van der Waals surface area contributed by atoms with E-state index in [1.165, 1.54) is 12.0 Å². The van der Waals surface area contributed by atoms with E-state index in [0.717, 1.165) is 46.7 Å². The van der Waals surface area contributed by atoms with Gasteiger partial charge in [0.15, 0.2) is 0 Å². The molecule has 1 aliphatic carbocycles. The molecule has 4 N–H and O–H groups in total. The van der Waals surface area contributed by atoms with Gasteiger partial charge in [-0.3, -0.25) is 4.90 Å². The van der Waals surface area contributed by atoms with Crippen molar-refractivity contribution in [2.45, 2.75) is 51.1 Å². The maximum absolute atomic E-state index is 6.29. The first kappa shape index (κ1) is 16.8. The van der Waals surface area contributed by atoms with Crippen LogP contribution in [0.25, 0.3) is 0 Å². The van der Waals surface area contributed by atoms with Crippen LogP contribution in [-0.4, -0.2) is 17.6 Å². The van der Waals surface area contributed by atoms with E-state index in [4.69, 9.17) is 16.5 Å². The summed E-state index contributed by atoms with van der Waals surface area (Å²) in [6.07, 6.45) is 6.28. The number of rotatable bonds is 2. The highest BCUT2D eigenvalue weighted by atomic mass is 79.9. The fourth-order valence-corrected chi connectivity index (χ4v) is 5.12. The van der Waals surface area contributed by atoms with Gasteiger partial charge in [-0.25, -0.2) is 4.99 Å². The number of hydrogen-bond donors (Lipinski definition) is 2. The Morgan fingerprint density at radius 2 is 1.74 bits per heavy atom. The fourth-order valence-electron chi connectivity index (χ4n) is 3.48. The van der Waals surface area contributed by atoms with E-state index < -0.39 is 5.66 Å². The van der Waals surface area contributed by atoms with Crippen molar-refractivity contribution in [1.82, 2.24) is 0 Å². The van der Waals surface area contributed by atoms with E-state index in [9.17, 15) is 0 Å². The summed E-state index contributed by atoms with van der Waals surface area (Å²) in [6, 6.07) is 4.26. The second-order valence-corrected chi connectivity index (χ2v) is 7.79. The lowest BCUT2D eigenvalue weighted by molar-refractivity contribution is 0.305. The first-order chi connectivity index (χ1) is 11.0. The Labute approximate surface area is 153 Å². The summed E-state index contributed by atoms with van der Waals surface area (Å²) in [5.74, 6) is 0.683. The maximum atomic E-state index is 6.29. The van der Waals surface area contributed by atoms with E-state index >= 15 is 0 Å². The van der Waals surface area contributed by atoms with E-state index in [1.807, 2.05) is 0 Å². The summed E-state index contributed by atoms with van der Waals surface area (Å²) in [5, 5.41) is 0. The van der Waals surface area contributed by atoms with E-state index in [2.05, 4.69) is 60.8 Å². The number of nitrogens with two attached hydrogens (primary N) is 2. The molecule has 0 aromatic heterocycles. The van der Waals surface area contributed by atoms with Crippen LogP contribution in [0, 0.1) is 0 Å². The van der Waals surface area contributed by atoms with Crippen molar-refractivity contribution in [3.8, 4) is 0 Å². The number of anilines is 1. The summed E-state index contributed by atoms with van der Waals surface area (Å²) in [7, 11) is 0. The van der Waals surface area contributed by atoms with Gasteiger partial charge >= 0.3 is 0 Å². The number of guanidine groups is 2. The Kier molecular flexibility index (Phi) is 4.69. The first-order valence-corrected chi connectivity index (χ1v) is 9.53. The predicted octanol–water partition coefficient (Wildman–Crippen LogP) is 3.88. The molecule has 0 unspecified atom stereocenters. The molecule has 5 nitrogen and oxygen atoms in total. The number of nitrogens with zero attached hydrogens (tertiary/aromatic N) is 3. The second-order valence-electron chi connectivity index (χ2n) is 6.08. The molecule has 2 aliphatic rings. The average molecular weight is 443 g/mol. The van der Waals surface area contributed by atoms with Gasteiger partial charge < -0.3 is 11.5 Å². The smallest absolute Gasteiger partial charge is 0.220 e. The highest BCUT2D eigenvalue weighted by Crippen LogP contribution is 2.45. The van der Waals surface area contributed by atoms with Crippen LogP contribution in [0.15, 0.2) is 31.1 Å². The number of hydrogen-bond acceptors (Lipinski definition) is 5. The Bertz CT molecular complexity index is 654. The predicted molar refractivity (Wildman–Crippen MR) is 103 cm³/mol. The standard InChI is InChI=1S/C16H21Br2N5/c1-2-10-8-11(17)13(12(18)9-10)23-15(20)21-14(19)22-16(23)6-4-3-5-7-16/h8-9H,2-7H2,1H3,(H4,19,20,21,22). The third kappa shape index (κ3) is 3.01. The summed E-state index contributed by atoms with van der Waals surface area (Å²) >= 11 is 7.41. The van der Waals surface area contributed by atoms with Gasteiger partial charge in [0.2, 0.25) is 11.9 Å². The van der Waals surface area contributed by atoms with Crippen LogP contribution in [0.2, 0.25) is 0 Å². The molecule has 1 aromatic carbocycles. The van der Waals surface area contributed by atoms with Gasteiger partial charge in [0.25, 0.3) is 0 Å². The van der Waals surface area contributed by atoms with Gasteiger partial charge in [-0.15, -0.1) is 0 Å². The number of aliphatic imine (C=N–C) groups is 2. The molecule has 1 aliphatic heterocycles. The van der Waals surface area contributed by atoms with Crippen LogP contribution < -0.4 is 16.4 Å². The maximum Gasteiger partial charge on any atom is 0.220 e. The molecule has 0 radical (unpaired) electrons. The Morgan fingerprint density at radius 3 is 2.30 bits per heavy atom. The van der Waals surface area contributed by atoms with Gasteiger partial charge in [0.1, 0.15) is 5.66 Å². The van der Waals surface area contributed by atoms with Gasteiger partial charge in [0, 0.05) is 8.95 Å². The third-order valence-electron chi connectivity index (χ3n) is 4.56. The quantitative estimate of drug-likeness (QED) is 0.728. The molecule has 124 valence electrons. The Balaban J connectivity index is 2.14. The van der Waals surface area contributed by atoms with Crippen molar-refractivity contribution in [3.05, 3.63) is 26.6 Å². The minimum Gasteiger partial charge on any atom is -0.369 e. The Morgan fingerprint density at radius 1 is 1.13 bits per heavy atom. The molecule has 0 saturated heterocycles. The molecule has 1 heterocycles. The molecule has 1 spiro atoms. The summed E-state index contributed by atoms with van der Waals surface area (Å²) in [4.78, 5) is 11.0. The number of halogens is 2. The van der Waals surface area contributed by atoms with Crippen LogP contribution in [0.4, 0.5) is 5.69 Å². The van der Waals surface area contributed by atoms with Gasteiger partial charge in [-0.2, -0.15) is 4.99 Å². The molecule has 0 amide bonds. The van der Waals surface area contributed by atoms with Crippen molar-refractivity contribution < 1.29 is 0 Å². The highest BCUT2D eigenvalue weighted by molar-refractivity contribution is 9.11. The number of aryl methyl sites for hydroxylation is 1. The minimum atomic E-state index is -0.424. The second kappa shape index (κ2) is 6.43. The summed E-state index contributed by atoms with van der Waals surface area (Å²) < 4.78 is 1.98. The van der Waals surface area contributed by atoms with Crippen LogP contribution in [0.1, 0.15) is 44.6 Å². The van der Waals surface area contributed by atoms with E-state index in [-0.39, 0.29) is 5.96 Å². The van der Waals surface area contributed by atoms with Crippen molar-refractivity contribution in [3.63, 3.8) is 0 Å². The van der Waals surface area contributed by atoms with E-state index in [0.29, 0.717) is 5.96 Å². The zero-order valence-corrected chi connectivity index (χ0v) is 16.3. The lowest BCUT2D eigenvalue weighted by Crippen LogP contribution is -2.58. The number of benzene rings is 1. The van der Waals surface area contributed by atoms with Crippen molar-refractivity contribution in [1.29, 1.82) is 0 Å². The van der Waals surface area contributed by atoms with E-state index in [1.54, 1.807) is 0 Å².